The number of benzene rings is 1. The zero-order valence-corrected chi connectivity index (χ0v) is 6.43. The third kappa shape index (κ3) is 1.36. The van der Waals surface area contributed by atoms with Crippen molar-refractivity contribution < 1.29 is 0 Å². The van der Waals surface area contributed by atoms with Gasteiger partial charge in [0.05, 0.1) is 0 Å². The van der Waals surface area contributed by atoms with Crippen LogP contribution in [0.4, 0.5) is 0 Å². The van der Waals surface area contributed by atoms with E-state index < -0.39 is 0 Å². The first-order chi connectivity index (χ1) is 3.79. The van der Waals surface area contributed by atoms with Crippen molar-refractivity contribution in [2.45, 2.75) is 6.92 Å². The molecule has 1 heteroatoms. The molecule has 0 nitrogen and oxygen atoms in total. The molecule has 1 rings (SSSR count). The maximum atomic E-state index is 2.93. The third-order valence-corrected chi connectivity index (χ3v) is 1.59. The SMILES string of the molecule is Cc1ccc([Se+])cc1. The zero-order valence-electron chi connectivity index (χ0n) is 4.72. The van der Waals surface area contributed by atoms with Crippen LogP contribution >= 0.6 is 0 Å². The van der Waals surface area contributed by atoms with Crippen molar-refractivity contribution in [1.29, 1.82) is 0 Å². The Labute approximate surface area is 57.7 Å². The van der Waals surface area contributed by atoms with Crippen LogP contribution in [0.2, 0.25) is 0 Å². The molecule has 2 radical (unpaired) electrons. The number of aryl methyl sites for hydroxylation is 1. The minimum absolute atomic E-state index is 1.20. The molecule has 1 aromatic carbocycles. The second kappa shape index (κ2) is 2.34. The normalized spacial score (nSPS) is 9.12. The first-order valence-corrected chi connectivity index (χ1v) is 3.38. The van der Waals surface area contributed by atoms with E-state index in [1.54, 1.807) is 0 Å². The molecule has 1 aromatic rings. The van der Waals surface area contributed by atoms with Gasteiger partial charge >= 0.3 is 57.2 Å². The van der Waals surface area contributed by atoms with Crippen molar-refractivity contribution in [1.82, 2.24) is 0 Å². The summed E-state index contributed by atoms with van der Waals surface area (Å²) in [7, 11) is 0. The fraction of sp³-hybridized carbons (Fsp3) is 0.143. The Hall–Kier alpha value is -0.261. The van der Waals surface area contributed by atoms with E-state index in [0.29, 0.717) is 0 Å². The van der Waals surface area contributed by atoms with Crippen molar-refractivity contribution in [3.8, 4) is 0 Å². The molecule has 0 N–H and O–H groups in total. The molecule has 8 heavy (non-hydrogen) atoms. The van der Waals surface area contributed by atoms with Gasteiger partial charge in [-0.3, -0.25) is 0 Å². The summed E-state index contributed by atoms with van der Waals surface area (Å²) in [5.74, 6) is 0. The molecular weight excluding hydrogens is 163 g/mol. The van der Waals surface area contributed by atoms with Gasteiger partial charge in [0.25, 0.3) is 0 Å². The van der Waals surface area contributed by atoms with Gasteiger partial charge in [-0.2, -0.15) is 0 Å². The zero-order chi connectivity index (χ0) is 5.98. The number of rotatable bonds is 0. The molecule has 0 aliphatic carbocycles. The van der Waals surface area contributed by atoms with Crippen molar-refractivity contribution in [2.75, 3.05) is 0 Å². The molecule has 0 atom stereocenters. The molecule has 0 saturated carbocycles. The maximum absolute atomic E-state index is 2.93. The Morgan fingerprint density at radius 3 is 2.00 bits per heavy atom. The Kier molecular flexibility index (Phi) is 1.72. The van der Waals surface area contributed by atoms with Gasteiger partial charge in [0, 0.05) is 0 Å². The van der Waals surface area contributed by atoms with E-state index in [4.69, 9.17) is 0 Å². The Morgan fingerprint density at radius 2 is 1.62 bits per heavy atom. The van der Waals surface area contributed by atoms with Gasteiger partial charge in [0.2, 0.25) is 0 Å². The van der Waals surface area contributed by atoms with Gasteiger partial charge in [-0.25, -0.2) is 0 Å². The van der Waals surface area contributed by atoms with Crippen LogP contribution in [0, 0.1) is 6.92 Å². The van der Waals surface area contributed by atoms with E-state index in [9.17, 15) is 0 Å². The van der Waals surface area contributed by atoms with Gasteiger partial charge in [0.1, 0.15) is 0 Å². The number of hydrogen-bond acceptors (Lipinski definition) is 0. The van der Waals surface area contributed by atoms with Crippen molar-refractivity contribution in [3.63, 3.8) is 0 Å². The third-order valence-electron chi connectivity index (χ3n) is 1.02. The van der Waals surface area contributed by atoms with Crippen LogP contribution in [-0.4, -0.2) is 16.0 Å². The van der Waals surface area contributed by atoms with E-state index >= 15 is 0 Å². The first kappa shape index (κ1) is 5.87. The van der Waals surface area contributed by atoms with Crippen LogP contribution in [0.25, 0.3) is 0 Å². The van der Waals surface area contributed by atoms with Crippen molar-refractivity contribution in [2.24, 2.45) is 0 Å². The van der Waals surface area contributed by atoms with E-state index in [1.165, 1.54) is 10.0 Å². The minimum atomic E-state index is 1.20. The van der Waals surface area contributed by atoms with Gasteiger partial charge < -0.3 is 0 Å². The summed E-state index contributed by atoms with van der Waals surface area (Å²) >= 11 is 2.93. The van der Waals surface area contributed by atoms with Gasteiger partial charge in [0.15, 0.2) is 0 Å². The van der Waals surface area contributed by atoms with E-state index in [0.717, 1.165) is 0 Å². The molecule has 0 aromatic heterocycles. The van der Waals surface area contributed by atoms with E-state index in [2.05, 4.69) is 47.2 Å². The molecule has 0 spiro atoms. The molecule has 0 bridgehead atoms. The Morgan fingerprint density at radius 1 is 1.12 bits per heavy atom. The second-order valence-corrected chi connectivity index (χ2v) is 2.80. The van der Waals surface area contributed by atoms with Gasteiger partial charge in [-0.15, -0.1) is 0 Å². The molecular formula is C7H7Se+. The van der Waals surface area contributed by atoms with E-state index in [-0.39, 0.29) is 0 Å². The fourth-order valence-electron chi connectivity index (χ4n) is 0.538. The predicted octanol–water partition coefficient (Wildman–Crippen LogP) is 0.789. The van der Waals surface area contributed by atoms with Gasteiger partial charge in [-0.05, 0) is 0 Å². The van der Waals surface area contributed by atoms with Crippen LogP contribution in [0.3, 0.4) is 0 Å². The summed E-state index contributed by atoms with van der Waals surface area (Å²) in [6, 6.07) is 8.31. The Bertz CT molecular complexity index is 143. The van der Waals surface area contributed by atoms with Crippen LogP contribution < -0.4 is 4.46 Å². The molecule has 0 unspecified atom stereocenters. The van der Waals surface area contributed by atoms with Crippen LogP contribution in [0.1, 0.15) is 5.56 Å². The Balaban J connectivity index is 3.03. The topological polar surface area (TPSA) is 0 Å². The van der Waals surface area contributed by atoms with Crippen molar-refractivity contribution >= 4 is 20.5 Å². The van der Waals surface area contributed by atoms with Crippen molar-refractivity contribution in [3.05, 3.63) is 29.8 Å². The summed E-state index contributed by atoms with van der Waals surface area (Å²) in [5.41, 5.74) is 1.31. The summed E-state index contributed by atoms with van der Waals surface area (Å²) in [5, 5.41) is 0. The monoisotopic (exact) mass is 171 g/mol. The average molecular weight is 170 g/mol. The van der Waals surface area contributed by atoms with Crippen LogP contribution in [-0.2, 0) is 0 Å². The fourth-order valence-corrected chi connectivity index (χ4v) is 0.824. The van der Waals surface area contributed by atoms with Crippen LogP contribution in [0.5, 0.6) is 0 Å². The van der Waals surface area contributed by atoms with Crippen LogP contribution in [0.15, 0.2) is 24.3 Å². The summed E-state index contributed by atoms with van der Waals surface area (Å²) in [4.78, 5) is 0. The summed E-state index contributed by atoms with van der Waals surface area (Å²) in [6.07, 6.45) is 0. The second-order valence-electron chi connectivity index (χ2n) is 1.81. The molecule has 0 saturated heterocycles. The average Bonchev–Trinajstić information content (AvgIpc) is 1.77. The molecule has 40 valence electrons. The predicted molar refractivity (Wildman–Crippen MR) is 36.6 cm³/mol. The molecule has 0 aliphatic rings. The summed E-state index contributed by atoms with van der Waals surface area (Å²) < 4.78 is 1.20. The molecule has 0 aliphatic heterocycles. The van der Waals surface area contributed by atoms with E-state index in [1.807, 2.05) is 0 Å². The van der Waals surface area contributed by atoms with Gasteiger partial charge in [-0.1, -0.05) is 0 Å². The molecule has 0 heterocycles. The summed E-state index contributed by atoms with van der Waals surface area (Å²) in [6.45, 7) is 2.08. The standard InChI is InChI=1S/C7H7Se/c1-6-2-4-7(8)5-3-6/h2-5H,1H3/q+1. The number of hydrogen-bond donors (Lipinski definition) is 0. The molecule has 0 amide bonds. The molecule has 0 fully saturated rings. The quantitative estimate of drug-likeness (QED) is 0.505. The first-order valence-electron chi connectivity index (χ1n) is 2.53.